The normalized spacial score (nSPS) is 20.0. The summed E-state index contributed by atoms with van der Waals surface area (Å²) in [5.74, 6) is 0.676. The van der Waals surface area contributed by atoms with E-state index in [0.717, 1.165) is 31.2 Å². The van der Waals surface area contributed by atoms with Gasteiger partial charge in [-0.3, -0.25) is 10.1 Å². The molecule has 0 bridgehead atoms. The van der Waals surface area contributed by atoms with Gasteiger partial charge in [-0.25, -0.2) is 0 Å². The molecular weight excluding hydrogens is 268 g/mol. The fourth-order valence-electron chi connectivity index (χ4n) is 3.00. The Balaban J connectivity index is 2.22. The Morgan fingerprint density at radius 3 is 2.43 bits per heavy atom. The van der Waals surface area contributed by atoms with Crippen LogP contribution in [0.5, 0.6) is 5.75 Å². The van der Waals surface area contributed by atoms with Gasteiger partial charge < -0.3 is 10.5 Å². The van der Waals surface area contributed by atoms with Gasteiger partial charge in [0.2, 0.25) is 0 Å². The molecule has 1 aromatic carbocycles. The van der Waals surface area contributed by atoms with E-state index in [-0.39, 0.29) is 16.1 Å². The molecule has 1 fully saturated rings. The highest BCUT2D eigenvalue weighted by Gasteiger charge is 2.36. The van der Waals surface area contributed by atoms with Crippen LogP contribution in [0.3, 0.4) is 0 Å². The van der Waals surface area contributed by atoms with E-state index in [0.29, 0.717) is 17.6 Å². The largest absolute Gasteiger partial charge is 0.496 e. The molecule has 0 aliphatic heterocycles. The lowest BCUT2D eigenvalue weighted by Crippen LogP contribution is -2.46. The van der Waals surface area contributed by atoms with Crippen molar-refractivity contribution in [2.45, 2.75) is 51.5 Å². The van der Waals surface area contributed by atoms with Gasteiger partial charge in [0.25, 0.3) is 5.69 Å². The first-order valence-corrected chi connectivity index (χ1v) is 7.35. The molecule has 0 unspecified atom stereocenters. The fourth-order valence-corrected chi connectivity index (χ4v) is 3.00. The van der Waals surface area contributed by atoms with Crippen molar-refractivity contribution >= 4 is 5.69 Å². The molecule has 0 amide bonds. The summed E-state index contributed by atoms with van der Waals surface area (Å²) >= 11 is 0. The van der Waals surface area contributed by atoms with Crippen molar-refractivity contribution in [1.29, 1.82) is 0 Å². The average molecular weight is 292 g/mol. The van der Waals surface area contributed by atoms with Gasteiger partial charge >= 0.3 is 0 Å². The van der Waals surface area contributed by atoms with Crippen LogP contribution >= 0.6 is 0 Å². The minimum absolute atomic E-state index is 0.0885. The van der Waals surface area contributed by atoms with Gasteiger partial charge in [0.05, 0.1) is 12.0 Å². The molecule has 0 saturated heterocycles. The smallest absolute Gasteiger partial charge is 0.269 e. The zero-order valence-electron chi connectivity index (χ0n) is 13.0. The predicted octanol–water partition coefficient (Wildman–Crippen LogP) is 3.44. The van der Waals surface area contributed by atoms with Gasteiger partial charge in [0.15, 0.2) is 0 Å². The maximum absolute atomic E-state index is 10.9. The Morgan fingerprint density at radius 2 is 1.90 bits per heavy atom. The fraction of sp³-hybridized carbons (Fsp3) is 0.625. The van der Waals surface area contributed by atoms with Crippen LogP contribution < -0.4 is 10.5 Å². The Hall–Kier alpha value is -1.62. The topological polar surface area (TPSA) is 78.4 Å². The first-order valence-electron chi connectivity index (χ1n) is 7.35. The van der Waals surface area contributed by atoms with Crippen LogP contribution in [0, 0.1) is 15.5 Å². The number of non-ortho nitro benzene ring substituents is 1. The lowest BCUT2D eigenvalue weighted by molar-refractivity contribution is -0.384. The number of methoxy groups -OCH3 is 1. The van der Waals surface area contributed by atoms with Crippen LogP contribution in [-0.4, -0.2) is 17.6 Å². The first kappa shape index (κ1) is 15.8. The molecule has 0 heterocycles. The summed E-state index contributed by atoms with van der Waals surface area (Å²) in [6, 6.07) is 4.71. The number of ether oxygens (including phenoxy) is 1. The summed E-state index contributed by atoms with van der Waals surface area (Å²) in [7, 11) is 1.58. The lowest BCUT2D eigenvalue weighted by atomic mass is 9.68. The summed E-state index contributed by atoms with van der Waals surface area (Å²) in [5, 5.41) is 10.9. The Kier molecular flexibility index (Phi) is 4.23. The number of nitro groups is 1. The van der Waals surface area contributed by atoms with Crippen LogP contribution in [-0.2, 0) is 6.42 Å². The van der Waals surface area contributed by atoms with Crippen molar-refractivity contribution in [3.05, 3.63) is 33.9 Å². The number of hydrogen-bond acceptors (Lipinski definition) is 4. The summed E-state index contributed by atoms with van der Waals surface area (Å²) in [4.78, 5) is 10.6. The second kappa shape index (κ2) is 5.64. The van der Waals surface area contributed by atoms with E-state index < -0.39 is 0 Å². The van der Waals surface area contributed by atoms with Gasteiger partial charge in [0.1, 0.15) is 5.75 Å². The summed E-state index contributed by atoms with van der Waals surface area (Å²) in [5.41, 5.74) is 7.50. The summed E-state index contributed by atoms with van der Waals surface area (Å²) in [6.45, 7) is 4.53. The van der Waals surface area contributed by atoms with E-state index in [1.165, 1.54) is 6.07 Å². The molecule has 1 aliphatic rings. The molecule has 2 N–H and O–H groups in total. The van der Waals surface area contributed by atoms with Gasteiger partial charge in [0, 0.05) is 23.2 Å². The standard InChI is InChI=1S/C16H24N2O3/c1-15(2)6-8-16(17,9-7-15)11-12-10-13(18(19)20)4-5-14(12)21-3/h4-5,10H,6-9,11,17H2,1-3H3. The number of nitrogens with two attached hydrogens (primary N) is 1. The van der Waals surface area contributed by atoms with Crippen LogP contribution in [0.4, 0.5) is 5.69 Å². The number of hydrogen-bond donors (Lipinski definition) is 1. The van der Waals surface area contributed by atoms with E-state index in [1.54, 1.807) is 19.2 Å². The van der Waals surface area contributed by atoms with Crippen LogP contribution in [0.2, 0.25) is 0 Å². The third kappa shape index (κ3) is 3.73. The quantitative estimate of drug-likeness (QED) is 0.681. The molecule has 0 spiro atoms. The highest BCUT2D eigenvalue weighted by atomic mass is 16.6. The molecule has 5 nitrogen and oxygen atoms in total. The van der Waals surface area contributed by atoms with Gasteiger partial charge in [-0.1, -0.05) is 13.8 Å². The summed E-state index contributed by atoms with van der Waals surface area (Å²) < 4.78 is 5.33. The predicted molar refractivity (Wildman–Crippen MR) is 82.5 cm³/mol. The van der Waals surface area contributed by atoms with Gasteiger partial charge in [-0.05, 0) is 43.6 Å². The lowest BCUT2D eigenvalue weighted by Gasteiger charge is -2.41. The van der Waals surface area contributed by atoms with E-state index in [4.69, 9.17) is 10.5 Å². The van der Waals surface area contributed by atoms with E-state index >= 15 is 0 Å². The molecule has 21 heavy (non-hydrogen) atoms. The highest BCUT2D eigenvalue weighted by Crippen LogP contribution is 2.41. The number of nitrogens with zero attached hydrogens (tertiary/aromatic N) is 1. The van der Waals surface area contributed by atoms with Crippen molar-refractivity contribution in [2.24, 2.45) is 11.1 Å². The van der Waals surface area contributed by atoms with Crippen LogP contribution in [0.1, 0.15) is 45.1 Å². The minimum atomic E-state index is -0.379. The third-order valence-electron chi connectivity index (χ3n) is 4.62. The molecule has 0 radical (unpaired) electrons. The average Bonchev–Trinajstić information content (AvgIpc) is 2.42. The molecule has 116 valence electrons. The molecule has 1 aliphatic carbocycles. The number of nitro benzene ring substituents is 1. The molecule has 0 atom stereocenters. The molecule has 0 aromatic heterocycles. The zero-order valence-corrected chi connectivity index (χ0v) is 13.0. The van der Waals surface area contributed by atoms with Crippen molar-refractivity contribution in [2.75, 3.05) is 7.11 Å². The number of benzene rings is 1. The van der Waals surface area contributed by atoms with E-state index in [9.17, 15) is 10.1 Å². The Bertz CT molecular complexity index is 530. The first-order chi connectivity index (χ1) is 9.75. The third-order valence-corrected chi connectivity index (χ3v) is 4.62. The molecule has 2 rings (SSSR count). The summed E-state index contributed by atoms with van der Waals surface area (Å²) in [6.07, 6.45) is 4.66. The maximum Gasteiger partial charge on any atom is 0.269 e. The van der Waals surface area contributed by atoms with Crippen molar-refractivity contribution in [3.63, 3.8) is 0 Å². The molecule has 1 saturated carbocycles. The van der Waals surface area contributed by atoms with Crippen molar-refractivity contribution in [3.8, 4) is 5.75 Å². The van der Waals surface area contributed by atoms with E-state index in [2.05, 4.69) is 13.8 Å². The van der Waals surface area contributed by atoms with Crippen LogP contribution in [0.25, 0.3) is 0 Å². The number of rotatable bonds is 4. The Labute approximate surface area is 125 Å². The van der Waals surface area contributed by atoms with Crippen molar-refractivity contribution in [1.82, 2.24) is 0 Å². The molecular formula is C16H24N2O3. The minimum Gasteiger partial charge on any atom is -0.496 e. The van der Waals surface area contributed by atoms with Gasteiger partial charge in [-0.2, -0.15) is 0 Å². The van der Waals surface area contributed by atoms with E-state index in [1.807, 2.05) is 0 Å². The second-order valence-corrected chi connectivity index (χ2v) is 6.96. The second-order valence-electron chi connectivity index (χ2n) is 6.96. The van der Waals surface area contributed by atoms with Crippen LogP contribution in [0.15, 0.2) is 18.2 Å². The molecule has 5 heteroatoms. The SMILES string of the molecule is COc1ccc([N+](=O)[O-])cc1CC1(N)CCC(C)(C)CC1. The Morgan fingerprint density at radius 1 is 1.29 bits per heavy atom. The maximum atomic E-state index is 10.9. The van der Waals surface area contributed by atoms with Crippen molar-refractivity contribution < 1.29 is 9.66 Å². The molecule has 1 aromatic rings. The highest BCUT2D eigenvalue weighted by molar-refractivity contribution is 5.44. The monoisotopic (exact) mass is 292 g/mol. The van der Waals surface area contributed by atoms with Gasteiger partial charge in [-0.15, -0.1) is 0 Å². The zero-order chi connectivity index (χ0) is 15.7.